The summed E-state index contributed by atoms with van der Waals surface area (Å²) in [5.74, 6) is 2.39. The monoisotopic (exact) mass is 400 g/mol. The molecule has 1 saturated heterocycles. The van der Waals surface area contributed by atoms with Crippen molar-refractivity contribution in [3.8, 4) is 11.5 Å². The van der Waals surface area contributed by atoms with E-state index in [0.717, 1.165) is 42.4 Å². The van der Waals surface area contributed by atoms with Gasteiger partial charge in [-0.3, -0.25) is 0 Å². The van der Waals surface area contributed by atoms with Gasteiger partial charge in [0.1, 0.15) is 12.4 Å². The summed E-state index contributed by atoms with van der Waals surface area (Å²) in [6, 6.07) is 11.8. The van der Waals surface area contributed by atoms with Crippen LogP contribution in [0.1, 0.15) is 12.0 Å². The lowest BCUT2D eigenvalue weighted by Gasteiger charge is -2.24. The molecule has 0 radical (unpaired) electrons. The van der Waals surface area contributed by atoms with E-state index in [-0.39, 0.29) is 0 Å². The van der Waals surface area contributed by atoms with Crippen LogP contribution in [0.5, 0.6) is 11.5 Å². The molecule has 1 aromatic carbocycles. The van der Waals surface area contributed by atoms with Crippen LogP contribution in [-0.2, 0) is 6.54 Å². The molecule has 0 bridgehead atoms. The lowest BCUT2D eigenvalue weighted by Crippen LogP contribution is -2.43. The Balaban J connectivity index is 1.50. The molecular formula is C22H32N4O3. The molecule has 1 aliphatic heterocycles. The summed E-state index contributed by atoms with van der Waals surface area (Å²) in [5.41, 5.74) is 0.335. The van der Waals surface area contributed by atoms with E-state index in [9.17, 15) is 5.11 Å². The number of methoxy groups -OCH3 is 1. The molecule has 1 unspecified atom stereocenters. The van der Waals surface area contributed by atoms with Crippen molar-refractivity contribution in [1.29, 1.82) is 0 Å². The average molecular weight is 401 g/mol. The minimum Gasteiger partial charge on any atom is -0.493 e. The molecular weight excluding hydrogens is 368 g/mol. The van der Waals surface area contributed by atoms with Gasteiger partial charge in [-0.05, 0) is 50.3 Å². The highest BCUT2D eigenvalue weighted by molar-refractivity contribution is 5.43. The number of β-amino-alcohol motifs (C(OH)–C–C–N with tert-alkyl or cyclic N) is 1. The van der Waals surface area contributed by atoms with Gasteiger partial charge in [0.25, 0.3) is 0 Å². The fraction of sp³-hybridized carbons (Fsp3) is 0.500. The van der Waals surface area contributed by atoms with Gasteiger partial charge in [-0.2, -0.15) is 0 Å². The Labute approximate surface area is 173 Å². The van der Waals surface area contributed by atoms with E-state index in [1.54, 1.807) is 13.3 Å². The van der Waals surface area contributed by atoms with Gasteiger partial charge in [0.05, 0.1) is 12.7 Å². The minimum atomic E-state index is -0.753. The Kier molecular flexibility index (Phi) is 7.30. The van der Waals surface area contributed by atoms with Crippen molar-refractivity contribution in [3.05, 3.63) is 48.2 Å². The molecule has 3 rings (SSSR count). The first kappa shape index (κ1) is 21.4. The molecule has 2 aromatic rings. The number of nitrogens with zero attached hydrogens (tertiary/aromatic N) is 3. The number of likely N-dealkylation sites (N-methyl/N-ethyl adjacent to an activating group) is 1. The van der Waals surface area contributed by atoms with Crippen LogP contribution >= 0.6 is 0 Å². The van der Waals surface area contributed by atoms with Crippen molar-refractivity contribution in [2.75, 3.05) is 58.9 Å². The fourth-order valence-electron chi connectivity index (χ4n) is 3.46. The fourth-order valence-corrected chi connectivity index (χ4v) is 3.46. The van der Waals surface area contributed by atoms with Gasteiger partial charge in [0.15, 0.2) is 11.5 Å². The molecule has 1 aliphatic rings. The molecule has 0 spiro atoms. The highest BCUT2D eigenvalue weighted by atomic mass is 16.5. The number of pyridine rings is 1. The van der Waals surface area contributed by atoms with Gasteiger partial charge in [0.2, 0.25) is 0 Å². The molecule has 1 aromatic heterocycles. The summed E-state index contributed by atoms with van der Waals surface area (Å²) in [6.45, 7) is 4.03. The molecule has 1 atom stereocenters. The quantitative estimate of drug-likeness (QED) is 0.630. The molecule has 2 heterocycles. The summed E-state index contributed by atoms with van der Waals surface area (Å²) < 4.78 is 11.3. The van der Waals surface area contributed by atoms with E-state index in [0.29, 0.717) is 26.2 Å². The molecule has 1 fully saturated rings. The second kappa shape index (κ2) is 9.91. The van der Waals surface area contributed by atoms with E-state index in [2.05, 4.69) is 20.1 Å². The van der Waals surface area contributed by atoms with Gasteiger partial charge < -0.3 is 29.7 Å². The first-order valence-electron chi connectivity index (χ1n) is 10.0. The number of aliphatic hydroxyl groups is 1. The zero-order valence-corrected chi connectivity index (χ0v) is 17.6. The standard InChI is InChI=1S/C22H32N4O3/c1-25(2)12-13-29-19-8-7-18(14-20(19)28-3)15-23-16-22(27)9-11-26(17-22)21-6-4-5-10-24-21/h4-8,10,14,23,27H,9,11-13,15-17H2,1-3H3. The van der Waals surface area contributed by atoms with Crippen LogP contribution in [0, 0.1) is 0 Å². The highest BCUT2D eigenvalue weighted by Crippen LogP contribution is 2.28. The lowest BCUT2D eigenvalue weighted by atomic mass is 10.0. The van der Waals surface area contributed by atoms with E-state index in [4.69, 9.17) is 9.47 Å². The Morgan fingerprint density at radius 2 is 2.10 bits per heavy atom. The van der Waals surface area contributed by atoms with Gasteiger partial charge in [0, 0.05) is 38.9 Å². The number of rotatable bonds is 10. The lowest BCUT2D eigenvalue weighted by molar-refractivity contribution is 0.0626. The maximum Gasteiger partial charge on any atom is 0.161 e. The maximum atomic E-state index is 10.9. The van der Waals surface area contributed by atoms with Gasteiger partial charge in [-0.1, -0.05) is 12.1 Å². The number of aromatic nitrogens is 1. The van der Waals surface area contributed by atoms with Crippen LogP contribution in [0.15, 0.2) is 42.6 Å². The molecule has 0 saturated carbocycles. The molecule has 7 nitrogen and oxygen atoms in total. The third-order valence-electron chi connectivity index (χ3n) is 5.11. The molecule has 29 heavy (non-hydrogen) atoms. The Hall–Kier alpha value is -2.35. The van der Waals surface area contributed by atoms with Crippen LogP contribution in [0.3, 0.4) is 0 Å². The minimum absolute atomic E-state index is 0.528. The van der Waals surface area contributed by atoms with E-state index in [1.807, 2.05) is 50.5 Å². The predicted molar refractivity (Wildman–Crippen MR) is 115 cm³/mol. The Bertz CT molecular complexity index is 772. The summed E-state index contributed by atoms with van der Waals surface area (Å²) in [4.78, 5) is 8.58. The van der Waals surface area contributed by atoms with Gasteiger partial charge in [-0.15, -0.1) is 0 Å². The largest absolute Gasteiger partial charge is 0.493 e. The first-order chi connectivity index (χ1) is 14.0. The van der Waals surface area contributed by atoms with Crippen LogP contribution in [0.25, 0.3) is 0 Å². The molecule has 158 valence electrons. The smallest absolute Gasteiger partial charge is 0.161 e. The predicted octanol–water partition coefficient (Wildman–Crippen LogP) is 1.76. The zero-order valence-electron chi connectivity index (χ0n) is 17.6. The number of benzene rings is 1. The molecule has 0 amide bonds. The van der Waals surface area contributed by atoms with Crippen molar-refractivity contribution in [2.24, 2.45) is 0 Å². The topological polar surface area (TPSA) is 70.1 Å². The van der Waals surface area contributed by atoms with Gasteiger partial charge in [-0.25, -0.2) is 4.98 Å². The summed E-state index contributed by atoms with van der Waals surface area (Å²) in [7, 11) is 5.69. The average Bonchev–Trinajstić information content (AvgIpc) is 3.11. The van der Waals surface area contributed by atoms with Crippen molar-refractivity contribution < 1.29 is 14.6 Å². The van der Waals surface area contributed by atoms with E-state index >= 15 is 0 Å². The van der Waals surface area contributed by atoms with Crippen LogP contribution < -0.4 is 19.7 Å². The SMILES string of the molecule is COc1cc(CNCC2(O)CCN(c3ccccn3)C2)ccc1OCCN(C)C. The number of anilines is 1. The summed E-state index contributed by atoms with van der Waals surface area (Å²) in [5, 5.41) is 14.3. The third kappa shape index (κ3) is 6.06. The molecule has 2 N–H and O–H groups in total. The molecule has 0 aliphatic carbocycles. The first-order valence-corrected chi connectivity index (χ1v) is 10.0. The molecule has 7 heteroatoms. The third-order valence-corrected chi connectivity index (χ3v) is 5.11. The van der Waals surface area contributed by atoms with E-state index in [1.165, 1.54) is 0 Å². The second-order valence-electron chi connectivity index (χ2n) is 7.82. The van der Waals surface area contributed by atoms with Gasteiger partial charge >= 0.3 is 0 Å². The van der Waals surface area contributed by atoms with Crippen LogP contribution in [0.2, 0.25) is 0 Å². The van der Waals surface area contributed by atoms with E-state index < -0.39 is 5.60 Å². The van der Waals surface area contributed by atoms with Crippen molar-refractivity contribution in [2.45, 2.75) is 18.6 Å². The Morgan fingerprint density at radius 3 is 2.83 bits per heavy atom. The highest BCUT2D eigenvalue weighted by Gasteiger charge is 2.36. The normalized spacial score (nSPS) is 19.0. The van der Waals surface area contributed by atoms with Crippen molar-refractivity contribution >= 4 is 5.82 Å². The number of ether oxygens (including phenoxy) is 2. The number of hydrogen-bond donors (Lipinski definition) is 2. The summed E-state index contributed by atoms with van der Waals surface area (Å²) >= 11 is 0. The Morgan fingerprint density at radius 1 is 1.24 bits per heavy atom. The maximum absolute atomic E-state index is 10.9. The van der Waals surface area contributed by atoms with Crippen molar-refractivity contribution in [3.63, 3.8) is 0 Å². The zero-order chi connectivity index (χ0) is 20.7. The van der Waals surface area contributed by atoms with Crippen LogP contribution in [-0.4, -0.2) is 74.6 Å². The number of nitrogens with one attached hydrogen (secondary N) is 1. The second-order valence-corrected chi connectivity index (χ2v) is 7.82. The van der Waals surface area contributed by atoms with Crippen molar-refractivity contribution in [1.82, 2.24) is 15.2 Å². The number of hydrogen-bond acceptors (Lipinski definition) is 7. The summed E-state index contributed by atoms with van der Waals surface area (Å²) in [6.07, 6.45) is 2.50. The van der Waals surface area contributed by atoms with Crippen LogP contribution in [0.4, 0.5) is 5.82 Å².